The molecular weight excluding hydrogens is 369 g/mol. The van der Waals surface area contributed by atoms with E-state index in [1.54, 1.807) is 0 Å². The first kappa shape index (κ1) is 13.0. The van der Waals surface area contributed by atoms with Crippen molar-refractivity contribution in [1.82, 2.24) is 4.90 Å². The summed E-state index contributed by atoms with van der Waals surface area (Å²) in [7, 11) is 0. The zero-order valence-corrected chi connectivity index (χ0v) is 12.3. The number of amides is 1. The summed E-state index contributed by atoms with van der Waals surface area (Å²) in [6.45, 7) is 3.49. The summed E-state index contributed by atoms with van der Waals surface area (Å²) in [5.41, 5.74) is 0.768. The fourth-order valence-corrected chi connectivity index (χ4v) is 2.28. The van der Waals surface area contributed by atoms with Crippen LogP contribution in [0, 0.1) is 3.57 Å². The lowest BCUT2D eigenvalue weighted by Gasteiger charge is -2.19. The van der Waals surface area contributed by atoms with Gasteiger partial charge in [0.1, 0.15) is 0 Å². The second-order valence-corrected chi connectivity index (χ2v) is 5.12. The van der Waals surface area contributed by atoms with Crippen LogP contribution in [-0.2, 0) is 0 Å². The average molecular weight is 382 g/mol. The van der Waals surface area contributed by atoms with E-state index >= 15 is 0 Å². The minimum atomic E-state index is 0.107. The lowest BCUT2D eigenvalue weighted by atomic mass is 10.2. The number of carbonyl (C=O) groups is 1. The molecule has 82 valence electrons. The van der Waals surface area contributed by atoms with Crippen molar-refractivity contribution in [2.45, 2.75) is 6.92 Å². The van der Waals surface area contributed by atoms with Crippen molar-refractivity contribution in [2.24, 2.45) is 0 Å². The summed E-state index contributed by atoms with van der Waals surface area (Å²) in [4.78, 5) is 13.9. The fourth-order valence-electron chi connectivity index (χ4n) is 1.31. The molecule has 1 aromatic carbocycles. The Morgan fingerprint density at radius 3 is 2.80 bits per heavy atom. The van der Waals surface area contributed by atoms with Gasteiger partial charge in [0.2, 0.25) is 0 Å². The van der Waals surface area contributed by atoms with Gasteiger partial charge in [-0.2, -0.15) is 0 Å². The maximum Gasteiger partial charge on any atom is 0.253 e. The molecule has 0 saturated heterocycles. The summed E-state index contributed by atoms with van der Waals surface area (Å²) in [6.07, 6.45) is 0. The predicted molar refractivity (Wildman–Crippen MR) is 74.5 cm³/mol. The first-order valence-corrected chi connectivity index (χ1v) is 7.00. The predicted octanol–water partition coefficient (Wildman–Crippen LogP) is 3.15. The Bertz CT molecular complexity index is 343. The van der Waals surface area contributed by atoms with E-state index in [0.29, 0.717) is 0 Å². The highest BCUT2D eigenvalue weighted by Gasteiger charge is 2.12. The van der Waals surface area contributed by atoms with Crippen LogP contribution in [0.4, 0.5) is 0 Å². The molecule has 0 fully saturated rings. The van der Waals surface area contributed by atoms with Crippen LogP contribution in [0.1, 0.15) is 17.3 Å². The summed E-state index contributed by atoms with van der Waals surface area (Å²) >= 11 is 5.57. The SMILES string of the molecule is CCN(CCBr)C(=O)c1cccc(I)c1. The summed E-state index contributed by atoms with van der Waals surface area (Å²) < 4.78 is 1.09. The first-order valence-electron chi connectivity index (χ1n) is 4.79. The maximum atomic E-state index is 12.0. The zero-order chi connectivity index (χ0) is 11.3. The second-order valence-electron chi connectivity index (χ2n) is 3.08. The molecule has 0 aromatic heterocycles. The highest BCUT2D eigenvalue weighted by Crippen LogP contribution is 2.10. The van der Waals surface area contributed by atoms with Gasteiger partial charge in [-0.25, -0.2) is 0 Å². The summed E-state index contributed by atoms with van der Waals surface area (Å²) in [6, 6.07) is 7.68. The van der Waals surface area contributed by atoms with E-state index in [9.17, 15) is 4.79 Å². The molecule has 1 rings (SSSR count). The molecule has 0 aliphatic rings. The normalized spacial score (nSPS) is 10.1. The first-order chi connectivity index (χ1) is 7.19. The molecule has 1 amide bonds. The molecule has 0 saturated carbocycles. The number of alkyl halides is 1. The molecule has 0 unspecified atom stereocenters. The molecule has 0 heterocycles. The number of carbonyl (C=O) groups excluding carboxylic acids is 1. The standard InChI is InChI=1S/C11H13BrINO/c1-2-14(7-6-12)11(15)9-4-3-5-10(13)8-9/h3-5,8H,2,6-7H2,1H3. The number of hydrogen-bond donors (Lipinski definition) is 0. The topological polar surface area (TPSA) is 20.3 Å². The Morgan fingerprint density at radius 2 is 2.27 bits per heavy atom. The molecule has 2 nitrogen and oxygen atoms in total. The van der Waals surface area contributed by atoms with E-state index in [1.807, 2.05) is 36.1 Å². The van der Waals surface area contributed by atoms with E-state index in [2.05, 4.69) is 38.5 Å². The largest absolute Gasteiger partial charge is 0.338 e. The molecule has 4 heteroatoms. The molecule has 0 atom stereocenters. The van der Waals surface area contributed by atoms with Crippen molar-refractivity contribution in [3.63, 3.8) is 0 Å². The van der Waals surface area contributed by atoms with E-state index in [-0.39, 0.29) is 5.91 Å². The van der Waals surface area contributed by atoms with Gasteiger partial charge >= 0.3 is 0 Å². The Morgan fingerprint density at radius 1 is 1.53 bits per heavy atom. The highest BCUT2D eigenvalue weighted by atomic mass is 127. The van der Waals surface area contributed by atoms with Crippen LogP contribution < -0.4 is 0 Å². The molecule has 0 aliphatic carbocycles. The summed E-state index contributed by atoms with van der Waals surface area (Å²) in [5, 5.41) is 0.816. The van der Waals surface area contributed by atoms with Crippen molar-refractivity contribution in [2.75, 3.05) is 18.4 Å². The molecule has 0 bridgehead atoms. The van der Waals surface area contributed by atoms with Gasteiger partial charge in [0.15, 0.2) is 0 Å². The van der Waals surface area contributed by atoms with Crippen molar-refractivity contribution in [3.05, 3.63) is 33.4 Å². The molecule has 0 radical (unpaired) electrons. The highest BCUT2D eigenvalue weighted by molar-refractivity contribution is 14.1. The third-order valence-electron chi connectivity index (χ3n) is 2.09. The zero-order valence-electron chi connectivity index (χ0n) is 8.54. The number of benzene rings is 1. The Labute approximate surface area is 112 Å². The lowest BCUT2D eigenvalue weighted by molar-refractivity contribution is 0.0775. The molecular formula is C11H13BrINO. The molecule has 0 spiro atoms. The second kappa shape index (κ2) is 6.48. The third-order valence-corrected chi connectivity index (χ3v) is 3.12. The van der Waals surface area contributed by atoms with Crippen LogP contribution in [-0.4, -0.2) is 29.2 Å². The summed E-state index contributed by atoms with van der Waals surface area (Å²) in [5.74, 6) is 0.107. The van der Waals surface area contributed by atoms with E-state index in [1.165, 1.54) is 0 Å². The van der Waals surface area contributed by atoms with Crippen molar-refractivity contribution in [1.29, 1.82) is 0 Å². The minimum absolute atomic E-state index is 0.107. The van der Waals surface area contributed by atoms with E-state index in [4.69, 9.17) is 0 Å². The average Bonchev–Trinajstić information content (AvgIpc) is 2.25. The van der Waals surface area contributed by atoms with Gasteiger partial charge in [0, 0.05) is 27.6 Å². The van der Waals surface area contributed by atoms with Crippen LogP contribution in [0.5, 0.6) is 0 Å². The van der Waals surface area contributed by atoms with Crippen LogP contribution in [0.2, 0.25) is 0 Å². The van der Waals surface area contributed by atoms with Crippen LogP contribution in [0.25, 0.3) is 0 Å². The van der Waals surface area contributed by atoms with Crippen molar-refractivity contribution in [3.8, 4) is 0 Å². The quantitative estimate of drug-likeness (QED) is 0.579. The van der Waals surface area contributed by atoms with Gasteiger partial charge in [-0.3, -0.25) is 4.79 Å². The molecule has 0 aliphatic heterocycles. The number of rotatable bonds is 4. The van der Waals surface area contributed by atoms with Gasteiger partial charge in [-0.05, 0) is 47.7 Å². The van der Waals surface area contributed by atoms with Gasteiger partial charge in [-0.15, -0.1) is 0 Å². The van der Waals surface area contributed by atoms with Gasteiger partial charge in [-0.1, -0.05) is 22.0 Å². The van der Waals surface area contributed by atoms with Gasteiger partial charge < -0.3 is 4.90 Å². The molecule has 15 heavy (non-hydrogen) atoms. The fraction of sp³-hybridized carbons (Fsp3) is 0.364. The number of hydrogen-bond acceptors (Lipinski definition) is 1. The smallest absolute Gasteiger partial charge is 0.253 e. The van der Waals surface area contributed by atoms with Crippen LogP contribution >= 0.6 is 38.5 Å². The van der Waals surface area contributed by atoms with Crippen LogP contribution in [0.3, 0.4) is 0 Å². The van der Waals surface area contributed by atoms with Crippen molar-refractivity contribution >= 4 is 44.4 Å². The van der Waals surface area contributed by atoms with Gasteiger partial charge in [0.25, 0.3) is 5.91 Å². The number of nitrogens with zero attached hydrogens (tertiary/aromatic N) is 1. The van der Waals surface area contributed by atoms with Gasteiger partial charge in [0.05, 0.1) is 0 Å². The maximum absolute atomic E-state index is 12.0. The van der Waals surface area contributed by atoms with E-state index < -0.39 is 0 Å². The monoisotopic (exact) mass is 381 g/mol. The lowest BCUT2D eigenvalue weighted by Crippen LogP contribution is -2.32. The number of halogens is 2. The molecule has 0 N–H and O–H groups in total. The van der Waals surface area contributed by atoms with Crippen LogP contribution in [0.15, 0.2) is 24.3 Å². The molecule has 1 aromatic rings. The Kier molecular flexibility index (Phi) is 5.60. The van der Waals surface area contributed by atoms with Crippen molar-refractivity contribution < 1.29 is 4.79 Å². The Balaban J connectivity index is 2.82. The third kappa shape index (κ3) is 3.75. The van der Waals surface area contributed by atoms with E-state index in [0.717, 1.165) is 27.6 Å². The minimum Gasteiger partial charge on any atom is -0.338 e. The Hall–Kier alpha value is -0.100.